The summed E-state index contributed by atoms with van der Waals surface area (Å²) in [5.41, 5.74) is 1.23. The maximum Gasteiger partial charge on any atom is 0.322 e. The molecule has 0 fully saturated rings. The number of aryl methyl sites for hydroxylation is 1. The number of carbonyl (C=O) groups is 1. The number of benzene rings is 1. The Bertz CT molecular complexity index is 387. The van der Waals surface area contributed by atoms with Gasteiger partial charge in [-0.25, -0.2) is 0 Å². The fourth-order valence-electron chi connectivity index (χ4n) is 0.963. The topological polar surface area (TPSA) is 29.1 Å². The van der Waals surface area contributed by atoms with Crippen LogP contribution in [-0.2, 0) is 4.79 Å². The number of rotatable bonds is 2. The third-order valence-corrected chi connectivity index (χ3v) is 2.70. The molecule has 0 saturated heterocycles. The van der Waals surface area contributed by atoms with Crippen molar-refractivity contribution in [3.05, 3.63) is 28.2 Å². The monoisotopic (exact) mass is 277 g/mol. The molecule has 1 rings (SSSR count). The summed E-state index contributed by atoms with van der Waals surface area (Å²) in [5, 5.41) is 2.14. The standard InChI is InChI=1S/C10H10BrF2NO/c1-6-5-7(3-4-8(6)11)14-9(15)10(2,12)13/h3-5H,1-2H3,(H,14,15). The number of anilines is 1. The molecule has 0 aliphatic heterocycles. The molecule has 5 heteroatoms. The van der Waals surface area contributed by atoms with E-state index in [1.807, 2.05) is 6.92 Å². The molecule has 0 unspecified atom stereocenters. The van der Waals surface area contributed by atoms with E-state index in [2.05, 4.69) is 21.2 Å². The Labute approximate surface area is 94.8 Å². The average molecular weight is 278 g/mol. The molecular formula is C10H10BrF2NO. The van der Waals surface area contributed by atoms with Crippen molar-refractivity contribution in [3.63, 3.8) is 0 Å². The molecule has 0 heterocycles. The van der Waals surface area contributed by atoms with Crippen molar-refractivity contribution in [2.45, 2.75) is 19.8 Å². The molecule has 82 valence electrons. The van der Waals surface area contributed by atoms with Crippen LogP contribution in [0.4, 0.5) is 14.5 Å². The first-order valence-corrected chi connectivity index (χ1v) is 5.05. The molecular weight excluding hydrogens is 268 g/mol. The molecule has 1 amide bonds. The predicted molar refractivity (Wildman–Crippen MR) is 58.1 cm³/mol. The highest BCUT2D eigenvalue weighted by atomic mass is 79.9. The van der Waals surface area contributed by atoms with Gasteiger partial charge in [-0.3, -0.25) is 4.79 Å². The number of carbonyl (C=O) groups excluding carboxylic acids is 1. The fourth-order valence-corrected chi connectivity index (χ4v) is 1.21. The van der Waals surface area contributed by atoms with Crippen molar-refractivity contribution < 1.29 is 13.6 Å². The molecule has 0 aliphatic carbocycles. The minimum Gasteiger partial charge on any atom is -0.321 e. The van der Waals surface area contributed by atoms with Gasteiger partial charge in [-0.1, -0.05) is 15.9 Å². The lowest BCUT2D eigenvalue weighted by atomic mass is 10.2. The van der Waals surface area contributed by atoms with Crippen LogP contribution in [0, 0.1) is 6.92 Å². The van der Waals surface area contributed by atoms with Crippen molar-refractivity contribution in [1.29, 1.82) is 0 Å². The van der Waals surface area contributed by atoms with Gasteiger partial charge < -0.3 is 5.32 Å². The summed E-state index contributed by atoms with van der Waals surface area (Å²) >= 11 is 3.27. The van der Waals surface area contributed by atoms with E-state index in [1.54, 1.807) is 18.2 Å². The van der Waals surface area contributed by atoms with E-state index in [9.17, 15) is 13.6 Å². The highest BCUT2D eigenvalue weighted by molar-refractivity contribution is 9.10. The van der Waals surface area contributed by atoms with Crippen molar-refractivity contribution >= 4 is 27.5 Å². The SMILES string of the molecule is Cc1cc(NC(=O)C(C)(F)F)ccc1Br. The molecule has 15 heavy (non-hydrogen) atoms. The molecule has 0 spiro atoms. The third-order valence-electron chi connectivity index (χ3n) is 1.81. The summed E-state index contributed by atoms with van der Waals surface area (Å²) in [5.74, 6) is -4.66. The lowest BCUT2D eigenvalue weighted by molar-refractivity contribution is -0.137. The molecule has 0 aliphatic rings. The molecule has 0 aromatic heterocycles. The largest absolute Gasteiger partial charge is 0.322 e. The van der Waals surface area contributed by atoms with Gasteiger partial charge in [-0.15, -0.1) is 0 Å². The number of amides is 1. The Morgan fingerprint density at radius 2 is 2.07 bits per heavy atom. The van der Waals surface area contributed by atoms with Gasteiger partial charge in [-0.05, 0) is 30.7 Å². The maximum absolute atomic E-state index is 12.6. The van der Waals surface area contributed by atoms with Crippen LogP contribution >= 0.6 is 15.9 Å². The van der Waals surface area contributed by atoms with Gasteiger partial charge in [0.15, 0.2) is 0 Å². The van der Waals surface area contributed by atoms with Gasteiger partial charge in [0.25, 0.3) is 5.91 Å². The van der Waals surface area contributed by atoms with E-state index in [-0.39, 0.29) is 0 Å². The summed E-state index contributed by atoms with van der Waals surface area (Å²) in [4.78, 5) is 11.0. The Kier molecular flexibility index (Phi) is 3.44. The van der Waals surface area contributed by atoms with Gasteiger partial charge in [0.2, 0.25) is 0 Å². The van der Waals surface area contributed by atoms with Crippen LogP contribution in [0.1, 0.15) is 12.5 Å². The smallest absolute Gasteiger partial charge is 0.321 e. The minimum absolute atomic E-state index is 0.363. The second-order valence-electron chi connectivity index (χ2n) is 3.31. The van der Waals surface area contributed by atoms with Crippen LogP contribution in [0.5, 0.6) is 0 Å². The molecule has 0 saturated carbocycles. The van der Waals surface area contributed by atoms with E-state index in [4.69, 9.17) is 0 Å². The summed E-state index contributed by atoms with van der Waals surface area (Å²) < 4.78 is 26.0. The predicted octanol–water partition coefficient (Wildman–Crippen LogP) is 3.35. The average Bonchev–Trinajstić information content (AvgIpc) is 2.10. The number of hydrogen-bond acceptors (Lipinski definition) is 1. The second kappa shape index (κ2) is 4.26. The Hall–Kier alpha value is -0.970. The van der Waals surface area contributed by atoms with Gasteiger partial charge in [0, 0.05) is 17.1 Å². The minimum atomic E-state index is -3.36. The zero-order valence-electron chi connectivity index (χ0n) is 8.27. The highest BCUT2D eigenvalue weighted by Gasteiger charge is 2.32. The number of halogens is 3. The molecule has 1 aromatic carbocycles. The lowest BCUT2D eigenvalue weighted by Crippen LogP contribution is -2.31. The van der Waals surface area contributed by atoms with Crippen LogP contribution in [0.25, 0.3) is 0 Å². The second-order valence-corrected chi connectivity index (χ2v) is 4.16. The van der Waals surface area contributed by atoms with Crippen LogP contribution < -0.4 is 5.32 Å². The molecule has 1 aromatic rings. The summed E-state index contributed by atoms with van der Waals surface area (Å²) in [6.07, 6.45) is 0. The van der Waals surface area contributed by atoms with Gasteiger partial charge in [-0.2, -0.15) is 8.78 Å². The Morgan fingerprint density at radius 3 is 2.53 bits per heavy atom. The molecule has 0 bridgehead atoms. The van der Waals surface area contributed by atoms with Crippen LogP contribution in [0.2, 0.25) is 0 Å². The van der Waals surface area contributed by atoms with Crippen molar-refractivity contribution in [2.75, 3.05) is 5.32 Å². The summed E-state index contributed by atoms with van der Waals surface area (Å²) in [7, 11) is 0. The van der Waals surface area contributed by atoms with E-state index < -0.39 is 11.8 Å². The van der Waals surface area contributed by atoms with Crippen molar-refractivity contribution in [1.82, 2.24) is 0 Å². The molecule has 1 N–H and O–H groups in total. The Morgan fingerprint density at radius 1 is 1.47 bits per heavy atom. The first-order chi connectivity index (χ1) is 6.80. The highest BCUT2D eigenvalue weighted by Crippen LogP contribution is 2.21. The first kappa shape index (κ1) is 12.1. The quantitative estimate of drug-likeness (QED) is 0.883. The van der Waals surface area contributed by atoms with E-state index in [0.29, 0.717) is 12.6 Å². The van der Waals surface area contributed by atoms with Crippen LogP contribution in [0.3, 0.4) is 0 Å². The molecule has 0 radical (unpaired) electrons. The summed E-state index contributed by atoms with van der Waals surface area (Å²) in [6, 6.07) is 4.87. The Balaban J connectivity index is 2.83. The zero-order chi connectivity index (χ0) is 11.6. The zero-order valence-corrected chi connectivity index (χ0v) is 9.86. The first-order valence-electron chi connectivity index (χ1n) is 4.26. The van der Waals surface area contributed by atoms with Crippen molar-refractivity contribution in [3.8, 4) is 0 Å². The lowest BCUT2D eigenvalue weighted by Gasteiger charge is -2.11. The molecule has 2 nitrogen and oxygen atoms in total. The third kappa shape index (κ3) is 3.27. The fraction of sp³-hybridized carbons (Fsp3) is 0.300. The summed E-state index contributed by atoms with van der Waals surface area (Å²) in [6.45, 7) is 2.37. The molecule has 0 atom stereocenters. The number of nitrogens with one attached hydrogen (secondary N) is 1. The van der Waals surface area contributed by atoms with Crippen LogP contribution in [-0.4, -0.2) is 11.8 Å². The van der Waals surface area contributed by atoms with Crippen molar-refractivity contribution in [2.24, 2.45) is 0 Å². The van der Waals surface area contributed by atoms with Gasteiger partial charge >= 0.3 is 5.92 Å². The van der Waals surface area contributed by atoms with Gasteiger partial charge in [0.1, 0.15) is 0 Å². The maximum atomic E-state index is 12.6. The van der Waals surface area contributed by atoms with Gasteiger partial charge in [0.05, 0.1) is 0 Å². The van der Waals surface area contributed by atoms with E-state index in [1.165, 1.54) is 0 Å². The normalized spacial score (nSPS) is 11.3. The number of alkyl halides is 2. The van der Waals surface area contributed by atoms with Crippen LogP contribution in [0.15, 0.2) is 22.7 Å². The van der Waals surface area contributed by atoms with E-state index in [0.717, 1.165) is 10.0 Å². The number of hydrogen-bond donors (Lipinski definition) is 1. The van der Waals surface area contributed by atoms with E-state index >= 15 is 0 Å².